The maximum absolute atomic E-state index is 13.7. The summed E-state index contributed by atoms with van der Waals surface area (Å²) in [5, 5.41) is 10.6. The lowest BCUT2D eigenvalue weighted by molar-refractivity contribution is -0.142. The van der Waals surface area contributed by atoms with Gasteiger partial charge in [-0.3, -0.25) is 9.48 Å². The van der Waals surface area contributed by atoms with Crippen molar-refractivity contribution in [3.05, 3.63) is 65.7 Å². The Labute approximate surface area is 180 Å². The zero-order valence-corrected chi connectivity index (χ0v) is 17.2. The molecule has 4 rings (SSSR count). The van der Waals surface area contributed by atoms with E-state index in [4.69, 9.17) is 4.74 Å². The normalized spacial score (nSPS) is 11.7. The number of benzene rings is 1. The van der Waals surface area contributed by atoms with E-state index < -0.39 is 17.8 Å². The quantitative estimate of drug-likeness (QED) is 0.491. The van der Waals surface area contributed by atoms with Gasteiger partial charge in [-0.2, -0.15) is 23.4 Å². The Morgan fingerprint density at radius 3 is 2.53 bits per heavy atom. The molecule has 0 aliphatic carbocycles. The molecule has 0 aliphatic rings. The third-order valence-corrected chi connectivity index (χ3v) is 4.86. The van der Waals surface area contributed by atoms with Gasteiger partial charge in [-0.25, -0.2) is 9.50 Å². The lowest BCUT2D eigenvalue weighted by atomic mass is 10.1. The Morgan fingerprint density at radius 2 is 1.91 bits per heavy atom. The Hall–Kier alpha value is -3.89. The molecular formula is C21H19F3N6O2. The van der Waals surface area contributed by atoms with E-state index in [1.54, 1.807) is 41.3 Å². The van der Waals surface area contributed by atoms with Crippen molar-refractivity contribution in [1.29, 1.82) is 0 Å². The molecule has 1 amide bonds. The summed E-state index contributed by atoms with van der Waals surface area (Å²) >= 11 is 0. The number of hydrogen-bond acceptors (Lipinski definition) is 5. The zero-order chi connectivity index (χ0) is 22.9. The first-order chi connectivity index (χ1) is 15.3. The lowest BCUT2D eigenvalue weighted by Gasteiger charge is -2.12. The summed E-state index contributed by atoms with van der Waals surface area (Å²) in [6.07, 6.45) is -0.225. The third-order valence-electron chi connectivity index (χ3n) is 4.86. The summed E-state index contributed by atoms with van der Waals surface area (Å²) in [7, 11) is 1.49. The molecule has 0 radical (unpaired) electrons. The Morgan fingerprint density at radius 1 is 1.16 bits per heavy atom. The number of amides is 1. The van der Waals surface area contributed by atoms with Crippen LogP contribution in [0.25, 0.3) is 16.9 Å². The first-order valence-electron chi connectivity index (χ1n) is 9.70. The number of carbonyl (C=O) groups excluding carboxylic acids is 1. The SMILES string of the molecule is CCn1cc(CNC(=O)c2cnn3c(C(F)(F)F)cc(-c4ccc(OC)cc4)nc23)cn1. The van der Waals surface area contributed by atoms with Gasteiger partial charge in [-0.15, -0.1) is 0 Å². The van der Waals surface area contributed by atoms with E-state index in [-0.39, 0.29) is 23.4 Å². The van der Waals surface area contributed by atoms with E-state index in [0.29, 0.717) is 22.4 Å². The van der Waals surface area contributed by atoms with Crippen LogP contribution < -0.4 is 10.1 Å². The van der Waals surface area contributed by atoms with E-state index in [1.807, 2.05) is 6.92 Å². The Balaban J connectivity index is 1.72. The molecule has 0 saturated carbocycles. The van der Waals surface area contributed by atoms with Crippen LogP contribution in [0, 0.1) is 0 Å². The van der Waals surface area contributed by atoms with E-state index in [2.05, 4.69) is 20.5 Å². The Bertz CT molecular complexity index is 1260. The van der Waals surface area contributed by atoms with Crippen LogP contribution in [0.15, 0.2) is 48.9 Å². The van der Waals surface area contributed by atoms with Crippen LogP contribution >= 0.6 is 0 Å². The Kier molecular flexibility index (Phi) is 5.56. The molecule has 3 aromatic heterocycles. The highest BCUT2D eigenvalue weighted by atomic mass is 19.4. The van der Waals surface area contributed by atoms with Crippen LogP contribution in [0.1, 0.15) is 28.5 Å². The largest absolute Gasteiger partial charge is 0.497 e. The van der Waals surface area contributed by atoms with Crippen molar-refractivity contribution in [3.63, 3.8) is 0 Å². The van der Waals surface area contributed by atoms with Crippen molar-refractivity contribution < 1.29 is 22.7 Å². The number of hydrogen-bond donors (Lipinski definition) is 1. The lowest BCUT2D eigenvalue weighted by Crippen LogP contribution is -2.23. The van der Waals surface area contributed by atoms with Gasteiger partial charge in [0.25, 0.3) is 5.91 Å². The molecule has 1 aromatic carbocycles. The average molecular weight is 444 g/mol. The number of nitrogens with zero attached hydrogens (tertiary/aromatic N) is 5. The van der Waals surface area contributed by atoms with Crippen LogP contribution in [0.4, 0.5) is 13.2 Å². The van der Waals surface area contributed by atoms with Gasteiger partial charge in [0.1, 0.15) is 11.3 Å². The predicted octanol–water partition coefficient (Wildman–Crippen LogP) is 3.57. The second-order valence-electron chi connectivity index (χ2n) is 6.93. The molecule has 0 saturated heterocycles. The van der Waals surface area contributed by atoms with Crippen molar-refractivity contribution in [2.45, 2.75) is 26.2 Å². The fraction of sp³-hybridized carbons (Fsp3) is 0.238. The predicted molar refractivity (Wildman–Crippen MR) is 109 cm³/mol. The summed E-state index contributed by atoms with van der Waals surface area (Å²) in [4.78, 5) is 17.0. The number of nitrogens with one attached hydrogen (secondary N) is 1. The molecule has 0 bridgehead atoms. The monoisotopic (exact) mass is 444 g/mol. The number of halogens is 3. The molecule has 0 spiro atoms. The minimum Gasteiger partial charge on any atom is -0.497 e. The highest BCUT2D eigenvalue weighted by Gasteiger charge is 2.36. The van der Waals surface area contributed by atoms with Gasteiger partial charge in [0, 0.05) is 30.4 Å². The molecule has 0 unspecified atom stereocenters. The van der Waals surface area contributed by atoms with Gasteiger partial charge >= 0.3 is 6.18 Å². The van der Waals surface area contributed by atoms with Crippen LogP contribution in [0.5, 0.6) is 5.75 Å². The molecule has 4 aromatic rings. The number of alkyl halides is 3. The number of carbonyl (C=O) groups is 1. The second kappa shape index (κ2) is 8.33. The summed E-state index contributed by atoms with van der Waals surface area (Å²) in [5.41, 5.74) is -0.0122. The number of ether oxygens (including phenoxy) is 1. The van der Waals surface area contributed by atoms with Gasteiger partial charge in [0.2, 0.25) is 0 Å². The number of aryl methyl sites for hydroxylation is 1. The van der Waals surface area contributed by atoms with Gasteiger partial charge < -0.3 is 10.1 Å². The van der Waals surface area contributed by atoms with Crippen molar-refractivity contribution in [3.8, 4) is 17.0 Å². The first-order valence-corrected chi connectivity index (χ1v) is 9.70. The molecule has 32 heavy (non-hydrogen) atoms. The van der Waals surface area contributed by atoms with Gasteiger partial charge in [-0.05, 0) is 37.3 Å². The standard InChI is InChI=1S/C21H19F3N6O2/c1-3-29-12-13(10-26-29)9-25-20(31)16-11-27-30-18(21(22,23)24)8-17(28-19(16)30)14-4-6-15(32-2)7-5-14/h4-8,10-12H,3,9H2,1-2H3,(H,25,31). The van der Waals surface area contributed by atoms with Crippen LogP contribution in [-0.4, -0.2) is 37.4 Å². The molecule has 11 heteroatoms. The maximum atomic E-state index is 13.7. The molecule has 0 aliphatic heterocycles. The number of aromatic nitrogens is 5. The van der Waals surface area contributed by atoms with Crippen molar-refractivity contribution in [1.82, 2.24) is 29.7 Å². The molecule has 166 valence electrons. The van der Waals surface area contributed by atoms with Gasteiger partial charge in [-0.1, -0.05) is 0 Å². The minimum absolute atomic E-state index is 0.0613. The average Bonchev–Trinajstić information content (AvgIpc) is 3.43. The zero-order valence-electron chi connectivity index (χ0n) is 17.2. The van der Waals surface area contributed by atoms with Crippen molar-refractivity contribution in [2.24, 2.45) is 0 Å². The summed E-state index contributed by atoms with van der Waals surface area (Å²) in [6.45, 7) is 2.78. The van der Waals surface area contributed by atoms with E-state index in [0.717, 1.165) is 17.8 Å². The smallest absolute Gasteiger partial charge is 0.433 e. The molecule has 8 nitrogen and oxygen atoms in total. The first kappa shape index (κ1) is 21.3. The van der Waals surface area contributed by atoms with Crippen LogP contribution in [0.2, 0.25) is 0 Å². The molecular weight excluding hydrogens is 425 g/mol. The van der Waals surface area contributed by atoms with Crippen LogP contribution in [0.3, 0.4) is 0 Å². The van der Waals surface area contributed by atoms with E-state index in [1.165, 1.54) is 7.11 Å². The second-order valence-corrected chi connectivity index (χ2v) is 6.93. The molecule has 1 N–H and O–H groups in total. The fourth-order valence-electron chi connectivity index (χ4n) is 3.18. The topological polar surface area (TPSA) is 86.3 Å². The minimum atomic E-state index is -4.70. The summed E-state index contributed by atoms with van der Waals surface area (Å²) < 4.78 is 48.6. The van der Waals surface area contributed by atoms with Gasteiger partial charge in [0.05, 0.1) is 25.2 Å². The molecule has 0 atom stereocenters. The number of rotatable bonds is 6. The van der Waals surface area contributed by atoms with Crippen LogP contribution in [-0.2, 0) is 19.3 Å². The maximum Gasteiger partial charge on any atom is 0.433 e. The highest BCUT2D eigenvalue weighted by Crippen LogP contribution is 2.33. The molecule has 0 fully saturated rings. The van der Waals surface area contributed by atoms with Gasteiger partial charge in [0.15, 0.2) is 11.3 Å². The third kappa shape index (κ3) is 4.13. The molecule has 3 heterocycles. The highest BCUT2D eigenvalue weighted by molar-refractivity contribution is 5.99. The number of fused-ring (bicyclic) bond motifs is 1. The van der Waals surface area contributed by atoms with E-state index >= 15 is 0 Å². The van der Waals surface area contributed by atoms with Crippen molar-refractivity contribution >= 4 is 11.6 Å². The summed E-state index contributed by atoms with van der Waals surface area (Å²) in [6, 6.07) is 7.34. The fourth-order valence-corrected chi connectivity index (χ4v) is 3.18. The van der Waals surface area contributed by atoms with Crippen molar-refractivity contribution in [2.75, 3.05) is 7.11 Å². The number of methoxy groups -OCH3 is 1. The summed E-state index contributed by atoms with van der Waals surface area (Å²) in [5.74, 6) is -0.0292. The van der Waals surface area contributed by atoms with E-state index in [9.17, 15) is 18.0 Å².